The first-order chi connectivity index (χ1) is 8.78. The minimum absolute atomic E-state index is 0.110. The van der Waals surface area contributed by atoms with E-state index in [2.05, 4.69) is 5.43 Å². The summed E-state index contributed by atoms with van der Waals surface area (Å²) in [5.74, 6) is 7.19. The Morgan fingerprint density at radius 3 is 2.78 bits per heavy atom. The Labute approximate surface area is 111 Å². The zero-order valence-corrected chi connectivity index (χ0v) is 10.9. The van der Waals surface area contributed by atoms with Crippen LogP contribution in [-0.2, 0) is 0 Å². The number of rotatable bonds is 3. The van der Waals surface area contributed by atoms with Crippen molar-refractivity contribution in [2.45, 2.75) is 31.7 Å². The van der Waals surface area contributed by atoms with Crippen molar-refractivity contribution in [1.29, 1.82) is 0 Å². The lowest BCUT2D eigenvalue weighted by molar-refractivity contribution is 0.323. The van der Waals surface area contributed by atoms with Gasteiger partial charge in [-0.2, -0.15) is 0 Å². The van der Waals surface area contributed by atoms with E-state index in [1.165, 1.54) is 25.7 Å². The van der Waals surface area contributed by atoms with Crippen LogP contribution >= 0.6 is 11.6 Å². The van der Waals surface area contributed by atoms with E-state index in [0.717, 1.165) is 21.8 Å². The Morgan fingerprint density at radius 1 is 1.28 bits per heavy atom. The van der Waals surface area contributed by atoms with Gasteiger partial charge in [0.2, 0.25) is 0 Å². The summed E-state index contributed by atoms with van der Waals surface area (Å²) in [6, 6.07) is 7.83. The molecule has 0 spiro atoms. The maximum Gasteiger partial charge on any atom is 0.134 e. The number of nitrogens with two attached hydrogens (primary N) is 1. The van der Waals surface area contributed by atoms with Crippen molar-refractivity contribution in [1.82, 2.24) is 5.43 Å². The Kier molecular flexibility index (Phi) is 3.29. The van der Waals surface area contributed by atoms with Gasteiger partial charge in [-0.15, -0.1) is 0 Å². The van der Waals surface area contributed by atoms with Crippen molar-refractivity contribution in [3.05, 3.63) is 35.0 Å². The summed E-state index contributed by atoms with van der Waals surface area (Å²) in [6.07, 6.45) is 5.00. The van der Waals surface area contributed by atoms with Crippen LogP contribution in [-0.4, -0.2) is 0 Å². The van der Waals surface area contributed by atoms with Gasteiger partial charge in [0.25, 0.3) is 0 Å². The van der Waals surface area contributed by atoms with Gasteiger partial charge in [-0.25, -0.2) is 5.43 Å². The number of fused-ring (bicyclic) bond motifs is 1. The molecular weight excluding hydrogens is 248 g/mol. The number of hydrogen-bond acceptors (Lipinski definition) is 3. The number of hydrogen-bond donors (Lipinski definition) is 2. The summed E-state index contributed by atoms with van der Waals surface area (Å²) in [7, 11) is 0. The summed E-state index contributed by atoms with van der Waals surface area (Å²) >= 11 is 5.99. The molecule has 4 heteroatoms. The van der Waals surface area contributed by atoms with Crippen LogP contribution in [0.2, 0.25) is 5.02 Å². The molecule has 1 unspecified atom stereocenters. The van der Waals surface area contributed by atoms with Crippen molar-refractivity contribution in [3.63, 3.8) is 0 Å². The van der Waals surface area contributed by atoms with Gasteiger partial charge in [0.15, 0.2) is 0 Å². The van der Waals surface area contributed by atoms with Crippen molar-refractivity contribution < 1.29 is 4.42 Å². The fourth-order valence-corrected chi connectivity index (χ4v) is 3.11. The third-order valence-electron chi connectivity index (χ3n) is 3.85. The molecule has 0 amide bonds. The Morgan fingerprint density at radius 2 is 2.06 bits per heavy atom. The molecule has 0 aliphatic heterocycles. The van der Waals surface area contributed by atoms with Gasteiger partial charge >= 0.3 is 0 Å². The third-order valence-corrected chi connectivity index (χ3v) is 4.09. The average Bonchev–Trinajstić information content (AvgIpc) is 2.98. The lowest BCUT2D eigenvalue weighted by Gasteiger charge is -2.19. The van der Waals surface area contributed by atoms with Gasteiger partial charge in [-0.1, -0.05) is 24.4 Å². The Bertz CT molecular complexity index is 546. The molecule has 3 rings (SSSR count). The normalized spacial score (nSPS) is 18.6. The second-order valence-corrected chi connectivity index (χ2v) is 5.46. The van der Waals surface area contributed by atoms with Crippen LogP contribution in [0.5, 0.6) is 0 Å². The molecule has 3 N–H and O–H groups in total. The monoisotopic (exact) mass is 264 g/mol. The highest BCUT2D eigenvalue weighted by Gasteiger charge is 2.27. The number of benzene rings is 1. The second kappa shape index (κ2) is 4.92. The van der Waals surface area contributed by atoms with Gasteiger partial charge in [0, 0.05) is 10.4 Å². The number of nitrogens with one attached hydrogen (secondary N) is 1. The molecular formula is C14H17ClN2O. The molecule has 1 saturated carbocycles. The quantitative estimate of drug-likeness (QED) is 0.655. The molecule has 1 aliphatic rings. The van der Waals surface area contributed by atoms with E-state index in [4.69, 9.17) is 21.9 Å². The molecule has 2 aromatic rings. The highest BCUT2D eigenvalue weighted by atomic mass is 35.5. The predicted molar refractivity (Wildman–Crippen MR) is 73.2 cm³/mol. The molecule has 1 heterocycles. The molecule has 18 heavy (non-hydrogen) atoms. The van der Waals surface area contributed by atoms with Crippen LogP contribution in [0.25, 0.3) is 11.0 Å². The molecule has 96 valence electrons. The van der Waals surface area contributed by atoms with E-state index in [1.54, 1.807) is 0 Å². The Balaban J connectivity index is 1.96. The zero-order valence-electron chi connectivity index (χ0n) is 10.2. The standard InChI is InChI=1S/C14H17ClN2O/c15-11-5-6-12-10(7-11)8-13(18-12)14(17-16)9-3-1-2-4-9/h5-9,14,17H,1-4,16H2. The zero-order chi connectivity index (χ0) is 12.5. The summed E-state index contributed by atoms with van der Waals surface area (Å²) in [5.41, 5.74) is 3.78. The maximum absolute atomic E-state index is 5.99. The predicted octanol–water partition coefficient (Wildman–Crippen LogP) is 3.78. The van der Waals surface area contributed by atoms with Crippen molar-refractivity contribution >= 4 is 22.6 Å². The minimum atomic E-state index is 0.110. The second-order valence-electron chi connectivity index (χ2n) is 5.02. The Hall–Kier alpha value is -1.03. The summed E-state index contributed by atoms with van der Waals surface area (Å²) < 4.78 is 5.89. The summed E-state index contributed by atoms with van der Waals surface area (Å²) in [5, 5.41) is 1.77. The molecule has 1 aromatic carbocycles. The molecule has 3 nitrogen and oxygen atoms in total. The highest BCUT2D eigenvalue weighted by molar-refractivity contribution is 6.31. The molecule has 1 atom stereocenters. The van der Waals surface area contributed by atoms with Gasteiger partial charge in [0.1, 0.15) is 11.3 Å². The molecule has 1 aromatic heterocycles. The van der Waals surface area contributed by atoms with Gasteiger partial charge < -0.3 is 4.42 Å². The van der Waals surface area contributed by atoms with E-state index in [0.29, 0.717) is 5.92 Å². The van der Waals surface area contributed by atoms with Crippen LogP contribution in [0.15, 0.2) is 28.7 Å². The van der Waals surface area contributed by atoms with Crippen molar-refractivity contribution in [2.75, 3.05) is 0 Å². The van der Waals surface area contributed by atoms with Crippen LogP contribution in [0.1, 0.15) is 37.5 Å². The number of hydrazine groups is 1. The first-order valence-corrected chi connectivity index (χ1v) is 6.81. The fraction of sp³-hybridized carbons (Fsp3) is 0.429. The highest BCUT2D eigenvalue weighted by Crippen LogP contribution is 2.37. The molecule has 0 bridgehead atoms. The summed E-state index contributed by atoms with van der Waals surface area (Å²) in [6.45, 7) is 0. The van der Waals surface area contributed by atoms with Crippen LogP contribution < -0.4 is 11.3 Å². The molecule has 0 saturated heterocycles. The molecule has 0 radical (unpaired) electrons. The smallest absolute Gasteiger partial charge is 0.134 e. The molecule has 1 fully saturated rings. The largest absolute Gasteiger partial charge is 0.459 e. The van der Waals surface area contributed by atoms with E-state index in [-0.39, 0.29) is 6.04 Å². The average molecular weight is 265 g/mol. The van der Waals surface area contributed by atoms with E-state index in [9.17, 15) is 0 Å². The van der Waals surface area contributed by atoms with Gasteiger partial charge in [-0.05, 0) is 43.0 Å². The first-order valence-electron chi connectivity index (χ1n) is 6.43. The fourth-order valence-electron chi connectivity index (χ4n) is 2.93. The van der Waals surface area contributed by atoms with Gasteiger partial charge in [-0.3, -0.25) is 5.84 Å². The summed E-state index contributed by atoms with van der Waals surface area (Å²) in [4.78, 5) is 0. The lowest BCUT2D eigenvalue weighted by atomic mass is 9.96. The SMILES string of the molecule is NNC(c1cc2cc(Cl)ccc2o1)C1CCCC1. The minimum Gasteiger partial charge on any atom is -0.459 e. The van der Waals surface area contributed by atoms with Gasteiger partial charge in [0.05, 0.1) is 6.04 Å². The third kappa shape index (κ3) is 2.14. The maximum atomic E-state index is 5.99. The van der Waals surface area contributed by atoms with Crippen LogP contribution in [0, 0.1) is 5.92 Å². The number of furan rings is 1. The van der Waals surface area contributed by atoms with E-state index in [1.807, 2.05) is 24.3 Å². The molecule has 1 aliphatic carbocycles. The topological polar surface area (TPSA) is 51.2 Å². The van der Waals surface area contributed by atoms with E-state index < -0.39 is 0 Å². The number of halogens is 1. The lowest BCUT2D eigenvalue weighted by Crippen LogP contribution is -2.32. The first kappa shape index (κ1) is 12.0. The van der Waals surface area contributed by atoms with Crippen molar-refractivity contribution in [3.8, 4) is 0 Å². The van der Waals surface area contributed by atoms with Crippen LogP contribution in [0.3, 0.4) is 0 Å². The van der Waals surface area contributed by atoms with Crippen molar-refractivity contribution in [2.24, 2.45) is 11.8 Å². The van der Waals surface area contributed by atoms with E-state index >= 15 is 0 Å². The van der Waals surface area contributed by atoms with Crippen LogP contribution in [0.4, 0.5) is 0 Å².